The second kappa shape index (κ2) is 8.23. The van der Waals surface area contributed by atoms with Gasteiger partial charge in [0.25, 0.3) is 0 Å². The fourth-order valence-electron chi connectivity index (χ4n) is 2.45. The molecule has 1 aliphatic heterocycles. The highest BCUT2D eigenvalue weighted by Crippen LogP contribution is 2.37. The van der Waals surface area contributed by atoms with Gasteiger partial charge >= 0.3 is 6.61 Å². The summed E-state index contributed by atoms with van der Waals surface area (Å²) in [5.74, 6) is 0.190. The molecule has 5 nitrogen and oxygen atoms in total. The third kappa shape index (κ3) is 5.27. The van der Waals surface area contributed by atoms with Crippen LogP contribution < -0.4 is 14.8 Å². The topological polar surface area (TPSA) is 60.0 Å². The first-order valence-corrected chi connectivity index (χ1v) is 8.05. The minimum atomic E-state index is -2.92. The van der Waals surface area contributed by atoms with Crippen molar-refractivity contribution < 1.29 is 28.1 Å². The molecule has 2 N–H and O–H groups in total. The van der Waals surface area contributed by atoms with Gasteiger partial charge in [-0.05, 0) is 33.6 Å². The Morgan fingerprint density at radius 1 is 1.39 bits per heavy atom. The number of ether oxygens (including phenoxy) is 3. The van der Waals surface area contributed by atoms with Crippen LogP contribution in [0, 0.1) is 0 Å². The molecular formula is C15H20BrF2NO4. The molecule has 0 amide bonds. The van der Waals surface area contributed by atoms with Gasteiger partial charge in [0.05, 0.1) is 17.2 Å². The summed E-state index contributed by atoms with van der Waals surface area (Å²) in [6, 6.07) is 3.31. The molecule has 1 aromatic rings. The molecule has 0 atom stereocenters. The molecule has 8 heteroatoms. The third-order valence-electron chi connectivity index (χ3n) is 3.70. The van der Waals surface area contributed by atoms with E-state index in [1.807, 2.05) is 0 Å². The summed E-state index contributed by atoms with van der Waals surface area (Å²) >= 11 is 3.21. The van der Waals surface area contributed by atoms with Crippen LogP contribution in [0.1, 0.15) is 18.4 Å². The molecule has 0 spiro atoms. The molecule has 1 aliphatic rings. The van der Waals surface area contributed by atoms with Gasteiger partial charge in [0.1, 0.15) is 0 Å². The summed E-state index contributed by atoms with van der Waals surface area (Å²) < 4.78 is 40.0. The van der Waals surface area contributed by atoms with E-state index in [1.54, 1.807) is 12.1 Å². The zero-order valence-corrected chi connectivity index (χ0v) is 14.4. The molecule has 130 valence electrons. The maximum absolute atomic E-state index is 12.4. The molecule has 0 radical (unpaired) electrons. The van der Waals surface area contributed by atoms with Crippen LogP contribution in [-0.4, -0.2) is 44.2 Å². The molecule has 0 bridgehead atoms. The lowest BCUT2D eigenvalue weighted by atomic mass is 9.94. The van der Waals surface area contributed by atoms with Crippen molar-refractivity contribution in [1.29, 1.82) is 0 Å². The Hall–Kier alpha value is -0.960. The Labute approximate surface area is 142 Å². The largest absolute Gasteiger partial charge is 0.493 e. The lowest BCUT2D eigenvalue weighted by molar-refractivity contribution is -0.0617. The SMILES string of the molecule is COc1cc(CNCC2(O)CCOCC2)cc(Br)c1OC(F)F. The van der Waals surface area contributed by atoms with Crippen LogP contribution >= 0.6 is 15.9 Å². The van der Waals surface area contributed by atoms with E-state index in [0.717, 1.165) is 5.56 Å². The summed E-state index contributed by atoms with van der Waals surface area (Å²) in [4.78, 5) is 0. The predicted molar refractivity (Wildman–Crippen MR) is 84.0 cm³/mol. The standard InChI is InChI=1S/C15H20BrF2NO4/c1-21-12-7-10(6-11(16)13(12)23-14(17)18)8-19-9-15(20)2-4-22-5-3-15/h6-7,14,19-20H,2-5,8-9H2,1H3. The molecule has 2 rings (SSSR count). The van der Waals surface area contributed by atoms with Crippen LogP contribution in [0.2, 0.25) is 0 Å². The number of aliphatic hydroxyl groups is 1. The Morgan fingerprint density at radius 3 is 2.70 bits per heavy atom. The number of methoxy groups -OCH3 is 1. The monoisotopic (exact) mass is 395 g/mol. The van der Waals surface area contributed by atoms with Crippen LogP contribution in [0.4, 0.5) is 8.78 Å². The summed E-state index contributed by atoms with van der Waals surface area (Å²) in [6.45, 7) is -0.917. The number of nitrogens with one attached hydrogen (secondary N) is 1. The molecule has 1 saturated heterocycles. The van der Waals surface area contributed by atoms with Crippen molar-refractivity contribution in [1.82, 2.24) is 5.32 Å². The minimum Gasteiger partial charge on any atom is -0.493 e. The van der Waals surface area contributed by atoms with Gasteiger partial charge in [-0.15, -0.1) is 0 Å². The first kappa shape index (κ1) is 18.4. The fourth-order valence-corrected chi connectivity index (χ4v) is 3.03. The Kier molecular flexibility index (Phi) is 6.58. The van der Waals surface area contributed by atoms with E-state index >= 15 is 0 Å². The molecule has 1 fully saturated rings. The van der Waals surface area contributed by atoms with Crippen LogP contribution in [0.25, 0.3) is 0 Å². The molecule has 0 aromatic heterocycles. The van der Waals surface area contributed by atoms with E-state index in [-0.39, 0.29) is 11.5 Å². The number of alkyl halides is 2. The highest BCUT2D eigenvalue weighted by molar-refractivity contribution is 9.10. The summed E-state index contributed by atoms with van der Waals surface area (Å²) in [5.41, 5.74) is 0.0594. The van der Waals surface area contributed by atoms with Gasteiger partial charge in [-0.1, -0.05) is 0 Å². The molecule has 0 saturated carbocycles. The van der Waals surface area contributed by atoms with Crippen LogP contribution in [0.5, 0.6) is 11.5 Å². The number of benzene rings is 1. The molecular weight excluding hydrogens is 376 g/mol. The maximum atomic E-state index is 12.4. The lowest BCUT2D eigenvalue weighted by Gasteiger charge is -2.32. The summed E-state index contributed by atoms with van der Waals surface area (Å²) in [6.07, 6.45) is 1.18. The average Bonchev–Trinajstić information content (AvgIpc) is 2.50. The minimum absolute atomic E-state index is 0.0330. The van der Waals surface area contributed by atoms with Crippen molar-refractivity contribution >= 4 is 15.9 Å². The molecule has 1 aromatic carbocycles. The van der Waals surface area contributed by atoms with E-state index < -0.39 is 12.2 Å². The van der Waals surface area contributed by atoms with Crippen LogP contribution in [-0.2, 0) is 11.3 Å². The van der Waals surface area contributed by atoms with Crippen molar-refractivity contribution in [3.8, 4) is 11.5 Å². The Morgan fingerprint density at radius 2 is 2.09 bits per heavy atom. The van der Waals surface area contributed by atoms with Gasteiger partial charge in [-0.25, -0.2) is 0 Å². The maximum Gasteiger partial charge on any atom is 0.387 e. The van der Waals surface area contributed by atoms with Gasteiger partial charge in [0, 0.05) is 39.1 Å². The van der Waals surface area contributed by atoms with Crippen LogP contribution in [0.15, 0.2) is 16.6 Å². The smallest absolute Gasteiger partial charge is 0.387 e. The fraction of sp³-hybridized carbons (Fsp3) is 0.600. The molecule has 23 heavy (non-hydrogen) atoms. The Bertz CT molecular complexity index is 524. The predicted octanol–water partition coefficient (Wildman–Crippen LogP) is 2.69. The van der Waals surface area contributed by atoms with Crippen molar-refractivity contribution in [3.63, 3.8) is 0 Å². The number of halogens is 3. The Balaban J connectivity index is 1.98. The quantitative estimate of drug-likeness (QED) is 0.743. The van der Waals surface area contributed by atoms with Crippen molar-refractivity contribution in [3.05, 3.63) is 22.2 Å². The van der Waals surface area contributed by atoms with Gasteiger partial charge < -0.3 is 24.6 Å². The third-order valence-corrected chi connectivity index (χ3v) is 4.29. The summed E-state index contributed by atoms with van der Waals surface area (Å²) in [7, 11) is 1.39. The van der Waals surface area contributed by atoms with E-state index in [2.05, 4.69) is 26.0 Å². The van der Waals surface area contributed by atoms with Gasteiger partial charge in [-0.3, -0.25) is 0 Å². The number of hydrogen-bond acceptors (Lipinski definition) is 5. The van der Waals surface area contributed by atoms with Gasteiger partial charge in [0.15, 0.2) is 11.5 Å². The highest BCUT2D eigenvalue weighted by Gasteiger charge is 2.29. The van der Waals surface area contributed by atoms with Crippen molar-refractivity contribution in [2.75, 3.05) is 26.9 Å². The second-order valence-electron chi connectivity index (χ2n) is 5.43. The summed E-state index contributed by atoms with van der Waals surface area (Å²) in [5, 5.41) is 13.5. The molecule has 1 heterocycles. The highest BCUT2D eigenvalue weighted by atomic mass is 79.9. The first-order chi connectivity index (χ1) is 10.9. The average molecular weight is 396 g/mol. The van der Waals surface area contributed by atoms with Gasteiger partial charge in [-0.2, -0.15) is 8.78 Å². The molecule has 0 aliphatic carbocycles. The zero-order chi connectivity index (χ0) is 16.9. The number of hydrogen-bond donors (Lipinski definition) is 2. The van der Waals surface area contributed by atoms with Crippen molar-refractivity contribution in [2.45, 2.75) is 31.6 Å². The van der Waals surface area contributed by atoms with E-state index in [4.69, 9.17) is 9.47 Å². The van der Waals surface area contributed by atoms with E-state index in [1.165, 1.54) is 7.11 Å². The van der Waals surface area contributed by atoms with Crippen molar-refractivity contribution in [2.24, 2.45) is 0 Å². The van der Waals surface area contributed by atoms with E-state index in [9.17, 15) is 13.9 Å². The van der Waals surface area contributed by atoms with Crippen LogP contribution in [0.3, 0.4) is 0 Å². The van der Waals surface area contributed by atoms with E-state index in [0.29, 0.717) is 43.6 Å². The molecule has 0 unspecified atom stereocenters. The first-order valence-electron chi connectivity index (χ1n) is 7.25. The van der Waals surface area contributed by atoms with Gasteiger partial charge in [0.2, 0.25) is 0 Å². The lowest BCUT2D eigenvalue weighted by Crippen LogP contribution is -2.44. The zero-order valence-electron chi connectivity index (χ0n) is 12.8. The second-order valence-corrected chi connectivity index (χ2v) is 6.28. The normalized spacial score (nSPS) is 17.3. The number of rotatable bonds is 7.